The molecule has 2 rings (SSSR count). The van der Waals surface area contributed by atoms with Crippen LogP contribution in [0.25, 0.3) is 0 Å². The van der Waals surface area contributed by atoms with Gasteiger partial charge in [-0.05, 0) is 18.4 Å². The molecule has 0 aliphatic carbocycles. The number of aliphatic hydroxyl groups excluding tert-OH is 1. The van der Waals surface area contributed by atoms with Crippen LogP contribution in [0.15, 0.2) is 30.3 Å². The number of nitrogens with zero attached hydrogens (tertiary/aromatic N) is 1. The van der Waals surface area contributed by atoms with E-state index < -0.39 is 10.0 Å². The molecule has 6 heteroatoms. The van der Waals surface area contributed by atoms with E-state index in [4.69, 9.17) is 5.11 Å². The van der Waals surface area contributed by atoms with Gasteiger partial charge in [-0.15, -0.1) is 0 Å². The van der Waals surface area contributed by atoms with E-state index in [1.54, 1.807) is 0 Å². The number of rotatable bonds is 6. The highest BCUT2D eigenvalue weighted by atomic mass is 32.2. The van der Waals surface area contributed by atoms with Crippen molar-refractivity contribution in [2.45, 2.75) is 25.4 Å². The third kappa shape index (κ3) is 4.86. The van der Waals surface area contributed by atoms with Gasteiger partial charge in [0, 0.05) is 25.7 Å². The molecule has 1 saturated heterocycles. The molecule has 1 aromatic carbocycles. The lowest BCUT2D eigenvalue weighted by Gasteiger charge is -2.32. The van der Waals surface area contributed by atoms with Crippen LogP contribution in [-0.2, 0) is 16.6 Å². The average Bonchev–Trinajstić information content (AvgIpc) is 2.42. The highest BCUT2D eigenvalue weighted by molar-refractivity contribution is 7.89. The third-order valence-corrected chi connectivity index (χ3v) is 4.96. The van der Waals surface area contributed by atoms with Crippen LogP contribution < -0.4 is 4.72 Å². The summed E-state index contributed by atoms with van der Waals surface area (Å²) in [5.41, 5.74) is 1.28. The van der Waals surface area contributed by atoms with Crippen LogP contribution in [-0.4, -0.2) is 49.9 Å². The molecule has 0 spiro atoms. The summed E-state index contributed by atoms with van der Waals surface area (Å²) in [6.45, 7) is 2.36. The van der Waals surface area contributed by atoms with E-state index in [1.165, 1.54) is 5.56 Å². The highest BCUT2D eigenvalue weighted by Gasteiger charge is 2.23. The number of likely N-dealkylation sites (tertiary alicyclic amines) is 1. The van der Waals surface area contributed by atoms with E-state index in [0.29, 0.717) is 0 Å². The van der Waals surface area contributed by atoms with Gasteiger partial charge >= 0.3 is 0 Å². The molecule has 0 radical (unpaired) electrons. The minimum Gasteiger partial charge on any atom is -0.395 e. The van der Waals surface area contributed by atoms with Crippen molar-refractivity contribution < 1.29 is 13.5 Å². The summed E-state index contributed by atoms with van der Waals surface area (Å²) in [5, 5.41) is 8.71. The summed E-state index contributed by atoms with van der Waals surface area (Å²) in [4.78, 5) is 2.34. The molecule has 2 N–H and O–H groups in total. The molecule has 0 amide bonds. The van der Waals surface area contributed by atoms with Gasteiger partial charge in [0.05, 0.1) is 12.4 Å². The summed E-state index contributed by atoms with van der Waals surface area (Å²) < 4.78 is 25.8. The molecule has 5 nitrogen and oxygen atoms in total. The Labute approximate surface area is 120 Å². The van der Waals surface area contributed by atoms with Crippen LogP contribution in [0.2, 0.25) is 0 Å². The van der Waals surface area contributed by atoms with E-state index in [9.17, 15) is 8.42 Å². The topological polar surface area (TPSA) is 69.6 Å². The van der Waals surface area contributed by atoms with Crippen molar-refractivity contribution in [1.29, 1.82) is 0 Å². The molecule has 112 valence electrons. The fraction of sp³-hybridized carbons (Fsp3) is 0.571. The van der Waals surface area contributed by atoms with Crippen molar-refractivity contribution in [3.05, 3.63) is 35.9 Å². The quantitative estimate of drug-likeness (QED) is 0.805. The maximum Gasteiger partial charge on any atom is 0.214 e. The first kappa shape index (κ1) is 15.4. The molecule has 1 heterocycles. The van der Waals surface area contributed by atoms with Crippen LogP contribution in [0, 0.1) is 0 Å². The van der Waals surface area contributed by atoms with Gasteiger partial charge in [-0.1, -0.05) is 30.3 Å². The van der Waals surface area contributed by atoms with Crippen LogP contribution in [0.1, 0.15) is 18.4 Å². The highest BCUT2D eigenvalue weighted by Crippen LogP contribution is 2.14. The van der Waals surface area contributed by atoms with Crippen LogP contribution in [0.4, 0.5) is 0 Å². The Morgan fingerprint density at radius 2 is 1.85 bits per heavy atom. The maximum atomic E-state index is 11.6. The Hall–Kier alpha value is -0.950. The van der Waals surface area contributed by atoms with E-state index in [2.05, 4.69) is 21.8 Å². The first-order chi connectivity index (χ1) is 9.59. The van der Waals surface area contributed by atoms with Gasteiger partial charge in [0.25, 0.3) is 0 Å². The molecule has 20 heavy (non-hydrogen) atoms. The minimum absolute atomic E-state index is 0.00132. The van der Waals surface area contributed by atoms with Crippen molar-refractivity contribution in [3.63, 3.8) is 0 Å². The Balaban J connectivity index is 1.78. The number of benzene rings is 1. The largest absolute Gasteiger partial charge is 0.395 e. The Bertz CT molecular complexity index is 496. The summed E-state index contributed by atoms with van der Waals surface area (Å²) in [6, 6.07) is 10.3. The van der Waals surface area contributed by atoms with Gasteiger partial charge in [-0.3, -0.25) is 4.90 Å². The van der Waals surface area contributed by atoms with Crippen LogP contribution in [0.3, 0.4) is 0 Å². The van der Waals surface area contributed by atoms with Crippen LogP contribution >= 0.6 is 0 Å². The predicted molar refractivity (Wildman–Crippen MR) is 78.7 cm³/mol. The monoisotopic (exact) mass is 298 g/mol. The number of nitrogens with one attached hydrogen (secondary N) is 1. The Morgan fingerprint density at radius 3 is 2.45 bits per heavy atom. The van der Waals surface area contributed by atoms with E-state index in [-0.39, 0.29) is 18.4 Å². The number of hydrogen-bond donors (Lipinski definition) is 2. The van der Waals surface area contributed by atoms with E-state index >= 15 is 0 Å². The molecule has 1 aliphatic rings. The second kappa shape index (κ2) is 7.17. The van der Waals surface area contributed by atoms with Gasteiger partial charge in [0.1, 0.15) is 0 Å². The van der Waals surface area contributed by atoms with E-state index in [1.807, 2.05) is 18.2 Å². The van der Waals surface area contributed by atoms with Gasteiger partial charge in [0.2, 0.25) is 10.0 Å². The van der Waals surface area contributed by atoms with Crippen molar-refractivity contribution in [2.24, 2.45) is 0 Å². The normalized spacial score (nSPS) is 18.2. The van der Waals surface area contributed by atoms with Crippen LogP contribution in [0.5, 0.6) is 0 Å². The van der Waals surface area contributed by atoms with Gasteiger partial charge in [-0.25, -0.2) is 13.1 Å². The Morgan fingerprint density at radius 1 is 1.20 bits per heavy atom. The number of piperidine rings is 1. The maximum absolute atomic E-state index is 11.6. The zero-order valence-electron chi connectivity index (χ0n) is 11.5. The second-order valence-electron chi connectivity index (χ2n) is 5.20. The first-order valence-electron chi connectivity index (χ1n) is 6.96. The molecule has 1 aromatic rings. The standard InChI is InChI=1S/C14H22N2O3S/c17-10-11-20(18,19)15-14-6-8-16(9-7-14)12-13-4-2-1-3-5-13/h1-5,14-15,17H,6-12H2. The Kier molecular flexibility index (Phi) is 5.54. The lowest BCUT2D eigenvalue weighted by Crippen LogP contribution is -2.45. The first-order valence-corrected chi connectivity index (χ1v) is 8.61. The molecule has 0 bridgehead atoms. The zero-order valence-corrected chi connectivity index (χ0v) is 12.3. The zero-order chi connectivity index (χ0) is 14.4. The summed E-state index contributed by atoms with van der Waals surface area (Å²) in [7, 11) is -3.33. The fourth-order valence-corrected chi connectivity index (χ4v) is 3.59. The van der Waals surface area contributed by atoms with E-state index in [0.717, 1.165) is 32.5 Å². The van der Waals surface area contributed by atoms with Crippen molar-refractivity contribution in [1.82, 2.24) is 9.62 Å². The molecular weight excluding hydrogens is 276 g/mol. The van der Waals surface area contributed by atoms with Gasteiger partial charge in [-0.2, -0.15) is 0 Å². The SMILES string of the molecule is O=S(=O)(CCO)NC1CCN(Cc2ccccc2)CC1. The summed E-state index contributed by atoms with van der Waals surface area (Å²) >= 11 is 0. The number of aliphatic hydroxyl groups is 1. The summed E-state index contributed by atoms with van der Waals surface area (Å²) in [5.74, 6) is -0.211. The molecule has 0 atom stereocenters. The average molecular weight is 298 g/mol. The lowest BCUT2D eigenvalue weighted by atomic mass is 10.1. The number of hydrogen-bond acceptors (Lipinski definition) is 4. The second-order valence-corrected chi connectivity index (χ2v) is 7.07. The van der Waals surface area contributed by atoms with Crippen molar-refractivity contribution in [2.75, 3.05) is 25.4 Å². The van der Waals surface area contributed by atoms with Crippen molar-refractivity contribution in [3.8, 4) is 0 Å². The lowest BCUT2D eigenvalue weighted by molar-refractivity contribution is 0.200. The predicted octanol–water partition coefficient (Wildman–Crippen LogP) is 0.563. The summed E-state index contributed by atoms with van der Waals surface area (Å²) in [6.07, 6.45) is 1.63. The molecule has 0 unspecified atom stereocenters. The number of sulfonamides is 1. The third-order valence-electron chi connectivity index (χ3n) is 3.54. The van der Waals surface area contributed by atoms with Gasteiger partial charge in [0.15, 0.2) is 0 Å². The molecule has 0 aromatic heterocycles. The van der Waals surface area contributed by atoms with Gasteiger partial charge < -0.3 is 5.11 Å². The fourth-order valence-electron chi connectivity index (χ4n) is 2.48. The minimum atomic E-state index is -3.33. The molecular formula is C14H22N2O3S. The molecule has 1 fully saturated rings. The molecule has 0 saturated carbocycles. The smallest absolute Gasteiger partial charge is 0.214 e. The van der Waals surface area contributed by atoms with Crippen molar-refractivity contribution >= 4 is 10.0 Å². The molecule has 1 aliphatic heterocycles.